The van der Waals surface area contributed by atoms with E-state index >= 15 is 0 Å². The maximum absolute atomic E-state index is 13.2. The SMILES string of the molecule is Cc1nnc(SCC(=O)N2N=C(c3ccc4ccccc4c3)C[C@H]2c2ccccc2)[nH]c1=O. The predicted molar refractivity (Wildman–Crippen MR) is 129 cm³/mol. The molecule has 0 saturated carbocycles. The highest BCUT2D eigenvalue weighted by Crippen LogP contribution is 2.34. The molecule has 1 amide bonds. The molecule has 164 valence electrons. The van der Waals surface area contributed by atoms with Crippen LogP contribution in [-0.2, 0) is 4.79 Å². The van der Waals surface area contributed by atoms with Gasteiger partial charge < -0.3 is 0 Å². The second-order valence-electron chi connectivity index (χ2n) is 7.81. The molecule has 0 unspecified atom stereocenters. The number of aromatic nitrogens is 3. The molecule has 0 radical (unpaired) electrons. The van der Waals surface area contributed by atoms with E-state index in [-0.39, 0.29) is 23.3 Å². The van der Waals surface area contributed by atoms with Crippen molar-refractivity contribution in [2.75, 3.05) is 5.75 Å². The molecule has 8 heteroatoms. The molecule has 3 aromatic carbocycles. The first-order valence-electron chi connectivity index (χ1n) is 10.6. The number of hydrogen-bond acceptors (Lipinski definition) is 6. The number of nitrogens with one attached hydrogen (secondary N) is 1. The summed E-state index contributed by atoms with van der Waals surface area (Å²) in [7, 11) is 0. The molecule has 0 aliphatic carbocycles. The second kappa shape index (κ2) is 8.99. The number of hydrogen-bond donors (Lipinski definition) is 1. The van der Waals surface area contributed by atoms with E-state index in [1.165, 1.54) is 0 Å². The molecule has 2 heterocycles. The van der Waals surface area contributed by atoms with Gasteiger partial charge in [-0.05, 0) is 34.9 Å². The van der Waals surface area contributed by atoms with Crippen LogP contribution < -0.4 is 5.56 Å². The van der Waals surface area contributed by atoms with E-state index < -0.39 is 0 Å². The average Bonchev–Trinajstić information content (AvgIpc) is 3.30. The van der Waals surface area contributed by atoms with Gasteiger partial charge in [-0.25, -0.2) is 5.01 Å². The predicted octanol–water partition coefficient (Wildman–Crippen LogP) is 4.10. The van der Waals surface area contributed by atoms with Crippen LogP contribution in [0.25, 0.3) is 10.8 Å². The van der Waals surface area contributed by atoms with Crippen molar-refractivity contribution in [3.8, 4) is 0 Å². The first-order chi connectivity index (χ1) is 16.1. The van der Waals surface area contributed by atoms with Crippen LogP contribution in [0.5, 0.6) is 0 Å². The molecular weight excluding hydrogens is 434 g/mol. The summed E-state index contributed by atoms with van der Waals surface area (Å²) in [5, 5.41) is 16.7. The van der Waals surface area contributed by atoms with E-state index in [9.17, 15) is 9.59 Å². The molecule has 1 aliphatic rings. The number of rotatable bonds is 5. The minimum atomic E-state index is -0.306. The smallest absolute Gasteiger partial charge is 0.273 e. The maximum Gasteiger partial charge on any atom is 0.273 e. The minimum absolute atomic E-state index is 0.0888. The summed E-state index contributed by atoms with van der Waals surface area (Å²) in [6, 6.07) is 24.2. The summed E-state index contributed by atoms with van der Waals surface area (Å²) in [5.74, 6) is -0.0706. The van der Waals surface area contributed by atoms with Crippen LogP contribution in [0.4, 0.5) is 0 Å². The third kappa shape index (κ3) is 4.42. The van der Waals surface area contributed by atoms with Crippen molar-refractivity contribution < 1.29 is 4.79 Å². The van der Waals surface area contributed by atoms with Crippen molar-refractivity contribution in [3.63, 3.8) is 0 Å². The fourth-order valence-electron chi connectivity index (χ4n) is 3.86. The van der Waals surface area contributed by atoms with Crippen molar-refractivity contribution >= 4 is 34.2 Å². The van der Waals surface area contributed by atoms with E-state index in [1.807, 2.05) is 42.5 Å². The lowest BCUT2D eigenvalue weighted by Gasteiger charge is -2.21. The van der Waals surface area contributed by atoms with Gasteiger partial charge >= 0.3 is 0 Å². The van der Waals surface area contributed by atoms with Gasteiger partial charge in [0.05, 0.1) is 17.5 Å². The molecular formula is C25H21N5O2S. The first kappa shape index (κ1) is 21.1. The van der Waals surface area contributed by atoms with Crippen LogP contribution in [0.15, 0.2) is 87.8 Å². The van der Waals surface area contributed by atoms with Crippen LogP contribution >= 0.6 is 11.8 Å². The molecule has 0 spiro atoms. The molecule has 7 nitrogen and oxygen atoms in total. The van der Waals surface area contributed by atoms with E-state index in [0.29, 0.717) is 17.3 Å². The number of aromatic amines is 1. The average molecular weight is 456 g/mol. The third-order valence-corrected chi connectivity index (χ3v) is 6.45. The summed E-state index contributed by atoms with van der Waals surface area (Å²) in [6.45, 7) is 1.59. The fraction of sp³-hybridized carbons (Fsp3) is 0.160. The first-order valence-corrected chi connectivity index (χ1v) is 11.6. The highest BCUT2D eigenvalue weighted by molar-refractivity contribution is 7.99. The number of fused-ring (bicyclic) bond motifs is 1. The third-order valence-electron chi connectivity index (χ3n) is 5.61. The van der Waals surface area contributed by atoms with Gasteiger partial charge in [0, 0.05) is 6.42 Å². The Morgan fingerprint density at radius 1 is 1.03 bits per heavy atom. The maximum atomic E-state index is 13.2. The number of carbonyl (C=O) groups is 1. The standard InChI is InChI=1S/C25H21N5O2S/c1-16-24(32)26-25(28-27-16)33-15-23(31)30-22(18-8-3-2-4-9-18)14-21(29-30)20-12-11-17-7-5-6-10-19(17)13-20/h2-13,22H,14-15H2,1H3,(H,26,28,32)/t22-/m0/s1. The van der Waals surface area contributed by atoms with Crippen LogP contribution in [0.1, 0.15) is 29.3 Å². The Morgan fingerprint density at radius 2 is 1.79 bits per heavy atom. The number of benzene rings is 3. The van der Waals surface area contributed by atoms with Gasteiger partial charge in [-0.2, -0.15) is 5.10 Å². The highest BCUT2D eigenvalue weighted by atomic mass is 32.2. The van der Waals surface area contributed by atoms with Crippen molar-refractivity contribution in [2.24, 2.45) is 5.10 Å². The summed E-state index contributed by atoms with van der Waals surface area (Å²) in [6.07, 6.45) is 0.625. The van der Waals surface area contributed by atoms with Crippen molar-refractivity contribution in [1.82, 2.24) is 20.2 Å². The zero-order chi connectivity index (χ0) is 22.8. The van der Waals surface area contributed by atoms with Crippen molar-refractivity contribution in [3.05, 3.63) is 100.0 Å². The number of H-pyrrole nitrogens is 1. The zero-order valence-electron chi connectivity index (χ0n) is 17.9. The molecule has 1 aliphatic heterocycles. The Kier molecular flexibility index (Phi) is 5.75. The van der Waals surface area contributed by atoms with E-state index in [0.717, 1.165) is 39.4 Å². The lowest BCUT2D eigenvalue weighted by molar-refractivity contribution is -0.130. The zero-order valence-corrected chi connectivity index (χ0v) is 18.7. The monoisotopic (exact) mass is 455 g/mol. The molecule has 0 fully saturated rings. The quantitative estimate of drug-likeness (QED) is 0.458. The summed E-state index contributed by atoms with van der Waals surface area (Å²) < 4.78 is 0. The molecule has 33 heavy (non-hydrogen) atoms. The Hall–Kier alpha value is -3.78. The topological polar surface area (TPSA) is 91.3 Å². The van der Waals surface area contributed by atoms with Gasteiger partial charge in [0.25, 0.3) is 11.5 Å². The lowest BCUT2D eigenvalue weighted by atomic mass is 9.97. The Bertz CT molecular complexity index is 1420. The number of thioether (sulfide) groups is 1. The van der Waals surface area contributed by atoms with Crippen LogP contribution in [0.2, 0.25) is 0 Å². The largest absolute Gasteiger partial charge is 0.298 e. The molecule has 0 saturated heterocycles. The Morgan fingerprint density at radius 3 is 2.58 bits per heavy atom. The van der Waals surface area contributed by atoms with Gasteiger partial charge in [0.2, 0.25) is 0 Å². The number of amides is 1. The molecule has 0 bridgehead atoms. The van der Waals surface area contributed by atoms with Gasteiger partial charge in [-0.15, -0.1) is 10.2 Å². The minimum Gasteiger partial charge on any atom is -0.298 e. The molecule has 5 rings (SSSR count). The number of nitrogens with zero attached hydrogens (tertiary/aromatic N) is 4. The van der Waals surface area contributed by atoms with E-state index in [1.54, 1.807) is 11.9 Å². The van der Waals surface area contributed by atoms with Gasteiger partial charge in [-0.3, -0.25) is 14.6 Å². The van der Waals surface area contributed by atoms with Crippen molar-refractivity contribution in [1.29, 1.82) is 0 Å². The fourth-order valence-corrected chi connectivity index (χ4v) is 4.51. The Balaban J connectivity index is 1.43. The molecule has 1 N–H and O–H groups in total. The summed E-state index contributed by atoms with van der Waals surface area (Å²) >= 11 is 1.14. The van der Waals surface area contributed by atoms with Crippen LogP contribution in [0, 0.1) is 6.92 Å². The number of aryl methyl sites for hydroxylation is 1. The normalized spacial score (nSPS) is 15.6. The van der Waals surface area contributed by atoms with Gasteiger partial charge in [0.1, 0.15) is 5.69 Å². The van der Waals surface area contributed by atoms with Crippen molar-refractivity contribution in [2.45, 2.75) is 24.5 Å². The van der Waals surface area contributed by atoms with E-state index in [2.05, 4.69) is 45.5 Å². The highest BCUT2D eigenvalue weighted by Gasteiger charge is 2.33. The molecule has 4 aromatic rings. The lowest BCUT2D eigenvalue weighted by Crippen LogP contribution is -2.28. The van der Waals surface area contributed by atoms with Crippen LogP contribution in [0.3, 0.4) is 0 Å². The van der Waals surface area contributed by atoms with Crippen LogP contribution in [-0.4, -0.2) is 37.6 Å². The summed E-state index contributed by atoms with van der Waals surface area (Å²) in [4.78, 5) is 27.6. The summed E-state index contributed by atoms with van der Waals surface area (Å²) in [5.41, 5.74) is 2.89. The number of hydrazone groups is 1. The number of carbonyl (C=O) groups excluding carboxylic acids is 1. The molecule has 1 atom stereocenters. The Labute approximate surface area is 194 Å². The second-order valence-corrected chi connectivity index (χ2v) is 8.77. The molecule has 1 aromatic heterocycles. The van der Waals surface area contributed by atoms with Gasteiger partial charge in [-0.1, -0.05) is 78.5 Å². The van der Waals surface area contributed by atoms with E-state index in [4.69, 9.17) is 5.10 Å². The van der Waals surface area contributed by atoms with Gasteiger partial charge in [0.15, 0.2) is 5.16 Å².